The van der Waals surface area contributed by atoms with Crippen molar-refractivity contribution in [3.63, 3.8) is 0 Å². The summed E-state index contributed by atoms with van der Waals surface area (Å²) < 4.78 is 33.4. The summed E-state index contributed by atoms with van der Waals surface area (Å²) in [6.07, 6.45) is 0. The summed E-state index contributed by atoms with van der Waals surface area (Å²) in [5.74, 6) is -2.76. The highest BCUT2D eigenvalue weighted by atomic mass is 19.3. The van der Waals surface area contributed by atoms with Crippen LogP contribution in [0.2, 0.25) is 0 Å². The number of aliphatic hydroxyl groups is 1. The normalized spacial score (nSPS) is 11.7. The number of hydrogen-bond donors (Lipinski definition) is 1. The summed E-state index contributed by atoms with van der Waals surface area (Å²) in [6.45, 7) is 2.85. The van der Waals surface area contributed by atoms with Gasteiger partial charge in [-0.25, -0.2) is 4.68 Å². The highest BCUT2D eigenvalue weighted by Crippen LogP contribution is 2.30. The highest BCUT2D eigenvalue weighted by Gasteiger charge is 2.29. The van der Waals surface area contributed by atoms with Crippen LogP contribution in [-0.4, -0.2) is 21.5 Å². The molecule has 6 heteroatoms. The van der Waals surface area contributed by atoms with Crippen molar-refractivity contribution >= 4 is 0 Å². The Kier molecular flexibility index (Phi) is 4.04. The lowest BCUT2D eigenvalue weighted by molar-refractivity contribution is 0.0124. The maximum absolute atomic E-state index is 13.4. The lowest BCUT2D eigenvalue weighted by Crippen LogP contribution is -2.09. The summed E-state index contributed by atoms with van der Waals surface area (Å²) in [4.78, 5) is 0. The zero-order valence-corrected chi connectivity index (χ0v) is 11.3. The summed E-state index contributed by atoms with van der Waals surface area (Å²) in [5, 5.41) is 12.9. The van der Waals surface area contributed by atoms with Gasteiger partial charge in [0.1, 0.15) is 5.69 Å². The molecule has 0 fully saturated rings. The molecule has 2 aromatic rings. The fraction of sp³-hybridized carbons (Fsp3) is 0.357. The van der Waals surface area contributed by atoms with Gasteiger partial charge in [0.15, 0.2) is 0 Å². The van der Waals surface area contributed by atoms with Gasteiger partial charge < -0.3 is 9.84 Å². The van der Waals surface area contributed by atoms with Gasteiger partial charge in [-0.05, 0) is 24.6 Å². The summed E-state index contributed by atoms with van der Waals surface area (Å²) in [7, 11) is 0. The number of aliphatic hydroxyl groups excluding tert-OH is 1. The van der Waals surface area contributed by atoms with Gasteiger partial charge in [-0.15, -0.1) is 0 Å². The maximum atomic E-state index is 13.4. The molecule has 1 N–H and O–H groups in total. The molecule has 0 radical (unpaired) electrons. The number of alkyl halides is 2. The smallest absolute Gasteiger partial charge is 0.288 e. The fourth-order valence-electron chi connectivity index (χ4n) is 1.76. The maximum Gasteiger partial charge on any atom is 0.288 e. The SMILES string of the molecule is CCOc1cc(C(C)(F)F)nn1-c1ccc(CO)cc1. The predicted octanol–water partition coefficient (Wildman–Crippen LogP) is 2.88. The second-order valence-corrected chi connectivity index (χ2v) is 4.43. The van der Waals surface area contributed by atoms with E-state index in [0.29, 0.717) is 12.3 Å². The van der Waals surface area contributed by atoms with E-state index in [1.54, 1.807) is 31.2 Å². The van der Waals surface area contributed by atoms with Crippen molar-refractivity contribution in [1.82, 2.24) is 9.78 Å². The van der Waals surface area contributed by atoms with Crippen LogP contribution in [0.5, 0.6) is 5.88 Å². The van der Waals surface area contributed by atoms with Crippen molar-refractivity contribution in [1.29, 1.82) is 0 Å². The molecule has 20 heavy (non-hydrogen) atoms. The second kappa shape index (κ2) is 5.58. The second-order valence-electron chi connectivity index (χ2n) is 4.43. The third-order valence-electron chi connectivity index (χ3n) is 2.78. The summed E-state index contributed by atoms with van der Waals surface area (Å²) in [5.41, 5.74) is 0.994. The Bertz CT molecular complexity index is 574. The number of halogens is 2. The van der Waals surface area contributed by atoms with E-state index >= 15 is 0 Å². The molecule has 0 aliphatic heterocycles. The third kappa shape index (κ3) is 2.96. The minimum Gasteiger partial charge on any atom is -0.478 e. The Morgan fingerprint density at radius 1 is 1.30 bits per heavy atom. The monoisotopic (exact) mass is 282 g/mol. The van der Waals surface area contributed by atoms with Crippen molar-refractivity contribution in [2.24, 2.45) is 0 Å². The third-order valence-corrected chi connectivity index (χ3v) is 2.78. The molecule has 2 rings (SSSR count). The fourth-order valence-corrected chi connectivity index (χ4v) is 1.76. The van der Waals surface area contributed by atoms with Gasteiger partial charge in [0.2, 0.25) is 5.88 Å². The number of nitrogens with zero attached hydrogens (tertiary/aromatic N) is 2. The molecule has 0 unspecified atom stereocenters. The molecule has 0 spiro atoms. The Morgan fingerprint density at radius 2 is 1.95 bits per heavy atom. The Labute approximate surface area is 115 Å². The van der Waals surface area contributed by atoms with E-state index in [2.05, 4.69) is 5.10 Å². The molecular weight excluding hydrogens is 266 g/mol. The van der Waals surface area contributed by atoms with Crippen LogP contribution in [0.1, 0.15) is 25.1 Å². The van der Waals surface area contributed by atoms with E-state index in [1.807, 2.05) is 0 Å². The van der Waals surface area contributed by atoms with Crippen molar-refractivity contribution in [3.8, 4) is 11.6 Å². The first-order valence-corrected chi connectivity index (χ1v) is 6.27. The minimum atomic E-state index is -3.03. The van der Waals surface area contributed by atoms with Crippen LogP contribution in [0.15, 0.2) is 30.3 Å². The van der Waals surface area contributed by atoms with Crippen LogP contribution in [0.25, 0.3) is 5.69 Å². The van der Waals surface area contributed by atoms with Crippen LogP contribution in [0.4, 0.5) is 8.78 Å². The molecule has 0 saturated carbocycles. The molecule has 0 aliphatic carbocycles. The van der Waals surface area contributed by atoms with Gasteiger partial charge in [0.25, 0.3) is 5.92 Å². The zero-order valence-electron chi connectivity index (χ0n) is 11.3. The van der Waals surface area contributed by atoms with E-state index in [-0.39, 0.29) is 18.2 Å². The average molecular weight is 282 g/mol. The number of rotatable bonds is 5. The van der Waals surface area contributed by atoms with Crippen LogP contribution >= 0.6 is 0 Å². The first-order valence-electron chi connectivity index (χ1n) is 6.27. The number of ether oxygens (including phenoxy) is 1. The molecule has 4 nitrogen and oxygen atoms in total. The van der Waals surface area contributed by atoms with Gasteiger partial charge in [-0.2, -0.15) is 13.9 Å². The van der Waals surface area contributed by atoms with Crippen LogP contribution < -0.4 is 4.74 Å². The van der Waals surface area contributed by atoms with E-state index in [9.17, 15) is 8.78 Å². The number of benzene rings is 1. The largest absolute Gasteiger partial charge is 0.478 e. The molecule has 108 valence electrons. The van der Waals surface area contributed by atoms with E-state index in [1.165, 1.54) is 10.7 Å². The lowest BCUT2D eigenvalue weighted by Gasteiger charge is -2.08. The first kappa shape index (κ1) is 14.5. The van der Waals surface area contributed by atoms with Gasteiger partial charge in [0.05, 0.1) is 18.9 Å². The van der Waals surface area contributed by atoms with Crippen molar-refractivity contribution in [3.05, 3.63) is 41.6 Å². The Balaban J connectivity index is 2.44. The standard InChI is InChI=1S/C14H16F2N2O2/c1-3-20-13-8-12(14(2,15)16)17-18(13)11-6-4-10(9-19)5-7-11/h4-8,19H,3,9H2,1-2H3. The molecule has 0 saturated heterocycles. The van der Waals surface area contributed by atoms with Crippen molar-refractivity contribution < 1.29 is 18.6 Å². The molecular formula is C14H16F2N2O2. The Morgan fingerprint density at radius 3 is 2.45 bits per heavy atom. The quantitative estimate of drug-likeness (QED) is 0.917. The van der Waals surface area contributed by atoms with E-state index in [0.717, 1.165) is 12.5 Å². The molecule has 1 aromatic heterocycles. The van der Waals surface area contributed by atoms with E-state index < -0.39 is 5.92 Å². The number of hydrogen-bond acceptors (Lipinski definition) is 3. The van der Waals surface area contributed by atoms with Crippen LogP contribution in [-0.2, 0) is 12.5 Å². The van der Waals surface area contributed by atoms with Gasteiger partial charge in [-0.3, -0.25) is 0 Å². The topological polar surface area (TPSA) is 47.3 Å². The zero-order chi connectivity index (χ0) is 14.8. The lowest BCUT2D eigenvalue weighted by atomic mass is 10.2. The average Bonchev–Trinajstić information content (AvgIpc) is 2.83. The summed E-state index contributed by atoms with van der Waals surface area (Å²) >= 11 is 0. The van der Waals surface area contributed by atoms with Gasteiger partial charge >= 0.3 is 0 Å². The predicted molar refractivity (Wildman–Crippen MR) is 70.2 cm³/mol. The number of aromatic nitrogens is 2. The Hall–Kier alpha value is -1.95. The van der Waals surface area contributed by atoms with Gasteiger partial charge in [-0.1, -0.05) is 12.1 Å². The minimum absolute atomic E-state index is 0.0734. The first-order chi connectivity index (χ1) is 9.45. The van der Waals surface area contributed by atoms with E-state index in [4.69, 9.17) is 9.84 Å². The van der Waals surface area contributed by atoms with Gasteiger partial charge in [0, 0.05) is 13.0 Å². The van der Waals surface area contributed by atoms with Crippen LogP contribution in [0, 0.1) is 0 Å². The molecule has 0 amide bonds. The summed E-state index contributed by atoms with van der Waals surface area (Å²) in [6, 6.07) is 8.04. The molecule has 0 bridgehead atoms. The van der Waals surface area contributed by atoms with Crippen molar-refractivity contribution in [2.75, 3.05) is 6.61 Å². The van der Waals surface area contributed by atoms with Crippen molar-refractivity contribution in [2.45, 2.75) is 26.4 Å². The molecule has 0 aliphatic rings. The molecule has 1 aromatic carbocycles. The van der Waals surface area contributed by atoms with Crippen LogP contribution in [0.3, 0.4) is 0 Å². The molecule has 1 heterocycles. The highest BCUT2D eigenvalue weighted by molar-refractivity contribution is 5.38. The molecule has 0 atom stereocenters.